The highest BCUT2D eigenvalue weighted by Gasteiger charge is 2.04. The van der Waals surface area contributed by atoms with Gasteiger partial charge in [-0.1, -0.05) is 24.3 Å². The van der Waals surface area contributed by atoms with E-state index in [0.717, 1.165) is 30.0 Å². The Hall–Kier alpha value is -2.40. The fraction of sp³-hybridized carbons (Fsp3) is 0.250. The van der Waals surface area contributed by atoms with Gasteiger partial charge in [0.2, 0.25) is 0 Å². The zero-order valence-electron chi connectivity index (χ0n) is 12.1. The number of hydrogen-bond donors (Lipinski definition) is 2. The Morgan fingerprint density at radius 2 is 1.95 bits per heavy atom. The highest BCUT2D eigenvalue weighted by molar-refractivity contribution is 5.67. The van der Waals surface area contributed by atoms with Crippen LogP contribution in [-0.4, -0.2) is 21.1 Å². The lowest BCUT2D eigenvalue weighted by Crippen LogP contribution is -2.05. The molecule has 3 N–H and O–H groups in total. The van der Waals surface area contributed by atoms with Gasteiger partial charge in [0.05, 0.1) is 5.69 Å². The average molecular weight is 281 g/mol. The molecule has 5 nitrogen and oxygen atoms in total. The van der Waals surface area contributed by atoms with Crippen molar-refractivity contribution in [1.82, 2.24) is 14.6 Å². The molecule has 3 rings (SSSR count). The van der Waals surface area contributed by atoms with Crippen LogP contribution in [0, 0.1) is 6.92 Å². The standard InChI is InChI=1S/C16H19N5/c1-12-10-15-16(18-8-9-21(15)20-12)19-11-14-4-2-13(3-5-14)6-7-17/h2-5,8-10H,6-7,11,17H2,1H3,(H,18,19). The van der Waals surface area contributed by atoms with Crippen molar-refractivity contribution >= 4 is 11.3 Å². The van der Waals surface area contributed by atoms with Gasteiger partial charge in [0, 0.05) is 18.9 Å². The molecular formula is C16H19N5. The quantitative estimate of drug-likeness (QED) is 0.752. The molecule has 0 radical (unpaired) electrons. The molecule has 0 spiro atoms. The third-order valence-electron chi connectivity index (χ3n) is 3.43. The number of fused-ring (bicyclic) bond motifs is 1. The summed E-state index contributed by atoms with van der Waals surface area (Å²) in [6, 6.07) is 10.5. The first kappa shape index (κ1) is 13.6. The first-order valence-corrected chi connectivity index (χ1v) is 7.09. The Morgan fingerprint density at radius 3 is 2.71 bits per heavy atom. The minimum atomic E-state index is 0.685. The zero-order chi connectivity index (χ0) is 14.7. The minimum absolute atomic E-state index is 0.685. The molecule has 3 aromatic rings. The third-order valence-corrected chi connectivity index (χ3v) is 3.43. The Morgan fingerprint density at radius 1 is 1.19 bits per heavy atom. The molecule has 2 heterocycles. The van der Waals surface area contributed by atoms with Crippen molar-refractivity contribution in [3.05, 3.63) is 59.5 Å². The van der Waals surface area contributed by atoms with E-state index in [1.54, 1.807) is 6.20 Å². The van der Waals surface area contributed by atoms with Crippen molar-refractivity contribution in [1.29, 1.82) is 0 Å². The second-order valence-electron chi connectivity index (χ2n) is 5.10. The molecule has 0 aliphatic heterocycles. The molecule has 0 aliphatic carbocycles. The molecule has 21 heavy (non-hydrogen) atoms. The number of nitrogens with one attached hydrogen (secondary N) is 1. The summed E-state index contributed by atoms with van der Waals surface area (Å²) < 4.78 is 1.84. The van der Waals surface area contributed by atoms with Crippen molar-refractivity contribution in [3.63, 3.8) is 0 Å². The van der Waals surface area contributed by atoms with Gasteiger partial charge in [-0.3, -0.25) is 0 Å². The van der Waals surface area contributed by atoms with Gasteiger partial charge in [0.25, 0.3) is 0 Å². The monoisotopic (exact) mass is 281 g/mol. The fourth-order valence-corrected chi connectivity index (χ4v) is 2.36. The van der Waals surface area contributed by atoms with Gasteiger partial charge in [-0.25, -0.2) is 9.50 Å². The summed E-state index contributed by atoms with van der Waals surface area (Å²) in [4.78, 5) is 4.39. The van der Waals surface area contributed by atoms with Crippen molar-refractivity contribution in [3.8, 4) is 0 Å². The van der Waals surface area contributed by atoms with E-state index in [9.17, 15) is 0 Å². The topological polar surface area (TPSA) is 68.2 Å². The Balaban J connectivity index is 1.74. The lowest BCUT2D eigenvalue weighted by molar-refractivity contribution is 0.920. The van der Waals surface area contributed by atoms with E-state index >= 15 is 0 Å². The Bertz CT molecular complexity index is 730. The van der Waals surface area contributed by atoms with E-state index in [-0.39, 0.29) is 0 Å². The van der Waals surface area contributed by atoms with Crippen LogP contribution in [0.3, 0.4) is 0 Å². The second-order valence-corrected chi connectivity index (χ2v) is 5.10. The van der Waals surface area contributed by atoms with Crippen LogP contribution in [0.5, 0.6) is 0 Å². The summed E-state index contributed by atoms with van der Waals surface area (Å²) in [6.07, 6.45) is 4.53. The van der Waals surface area contributed by atoms with E-state index in [1.807, 2.05) is 23.7 Å². The van der Waals surface area contributed by atoms with Gasteiger partial charge >= 0.3 is 0 Å². The summed E-state index contributed by atoms with van der Waals surface area (Å²) >= 11 is 0. The van der Waals surface area contributed by atoms with Crippen LogP contribution in [-0.2, 0) is 13.0 Å². The third kappa shape index (κ3) is 3.03. The highest BCUT2D eigenvalue weighted by atomic mass is 15.2. The normalized spacial score (nSPS) is 11.0. The van der Waals surface area contributed by atoms with Gasteiger partial charge in [0.15, 0.2) is 5.82 Å². The number of anilines is 1. The van der Waals surface area contributed by atoms with E-state index in [1.165, 1.54) is 11.1 Å². The fourth-order valence-electron chi connectivity index (χ4n) is 2.36. The molecule has 2 aromatic heterocycles. The van der Waals surface area contributed by atoms with E-state index in [0.29, 0.717) is 6.54 Å². The summed E-state index contributed by atoms with van der Waals surface area (Å²) in [6.45, 7) is 3.40. The number of rotatable bonds is 5. The largest absolute Gasteiger partial charge is 0.364 e. The summed E-state index contributed by atoms with van der Waals surface area (Å²) in [5.41, 5.74) is 10.0. The average Bonchev–Trinajstić information content (AvgIpc) is 2.87. The highest BCUT2D eigenvalue weighted by Crippen LogP contribution is 2.16. The van der Waals surface area contributed by atoms with E-state index in [2.05, 4.69) is 39.7 Å². The van der Waals surface area contributed by atoms with Crippen LogP contribution >= 0.6 is 0 Å². The maximum absolute atomic E-state index is 5.56. The van der Waals surface area contributed by atoms with Crippen LogP contribution in [0.25, 0.3) is 5.52 Å². The number of nitrogens with zero attached hydrogens (tertiary/aromatic N) is 3. The maximum Gasteiger partial charge on any atom is 0.152 e. The molecule has 0 saturated carbocycles. The number of nitrogens with two attached hydrogens (primary N) is 1. The lowest BCUT2D eigenvalue weighted by Gasteiger charge is -2.07. The van der Waals surface area contributed by atoms with Crippen LogP contribution in [0.2, 0.25) is 0 Å². The molecule has 108 valence electrons. The predicted octanol–water partition coefficient (Wildman–Crippen LogP) is 2.15. The van der Waals surface area contributed by atoms with Gasteiger partial charge in [0.1, 0.15) is 5.52 Å². The van der Waals surface area contributed by atoms with E-state index in [4.69, 9.17) is 5.73 Å². The van der Waals surface area contributed by atoms with Crippen molar-refractivity contribution in [2.24, 2.45) is 5.73 Å². The van der Waals surface area contributed by atoms with Crippen LogP contribution < -0.4 is 11.1 Å². The van der Waals surface area contributed by atoms with Gasteiger partial charge in [-0.2, -0.15) is 5.10 Å². The smallest absolute Gasteiger partial charge is 0.152 e. The molecule has 1 aromatic carbocycles. The van der Waals surface area contributed by atoms with E-state index < -0.39 is 0 Å². The van der Waals surface area contributed by atoms with Crippen LogP contribution in [0.15, 0.2) is 42.7 Å². The zero-order valence-corrected chi connectivity index (χ0v) is 12.1. The van der Waals surface area contributed by atoms with Gasteiger partial charge in [-0.05, 0) is 37.1 Å². The number of aryl methyl sites for hydroxylation is 1. The van der Waals surface area contributed by atoms with Crippen molar-refractivity contribution in [2.75, 3.05) is 11.9 Å². The first-order valence-electron chi connectivity index (χ1n) is 7.09. The SMILES string of the molecule is Cc1cc2c(NCc3ccc(CCN)cc3)nccn2n1. The molecule has 0 bridgehead atoms. The number of hydrogen-bond acceptors (Lipinski definition) is 4. The summed E-state index contributed by atoms with van der Waals surface area (Å²) in [5, 5.41) is 7.76. The molecule has 5 heteroatoms. The number of aromatic nitrogens is 3. The number of benzene rings is 1. The minimum Gasteiger partial charge on any atom is -0.364 e. The Labute approximate surface area is 123 Å². The lowest BCUT2D eigenvalue weighted by atomic mass is 10.1. The van der Waals surface area contributed by atoms with Crippen LogP contribution in [0.1, 0.15) is 16.8 Å². The first-order chi connectivity index (χ1) is 10.3. The summed E-state index contributed by atoms with van der Waals surface area (Å²) in [7, 11) is 0. The molecule has 0 atom stereocenters. The molecule has 0 aliphatic rings. The Kier molecular flexibility index (Phi) is 3.83. The summed E-state index contributed by atoms with van der Waals surface area (Å²) in [5.74, 6) is 0.851. The maximum atomic E-state index is 5.56. The van der Waals surface area contributed by atoms with Crippen molar-refractivity contribution in [2.45, 2.75) is 19.9 Å². The molecule has 0 fully saturated rings. The van der Waals surface area contributed by atoms with Gasteiger partial charge < -0.3 is 11.1 Å². The predicted molar refractivity (Wildman–Crippen MR) is 84.3 cm³/mol. The molecular weight excluding hydrogens is 262 g/mol. The second kappa shape index (κ2) is 5.93. The van der Waals surface area contributed by atoms with Gasteiger partial charge in [-0.15, -0.1) is 0 Å². The van der Waals surface area contributed by atoms with Crippen LogP contribution in [0.4, 0.5) is 5.82 Å². The molecule has 0 saturated heterocycles. The molecule has 0 amide bonds. The van der Waals surface area contributed by atoms with Crippen molar-refractivity contribution < 1.29 is 0 Å². The molecule has 0 unspecified atom stereocenters.